The molecule has 0 aliphatic rings. The van der Waals surface area contributed by atoms with Crippen molar-refractivity contribution in [3.63, 3.8) is 0 Å². The minimum absolute atomic E-state index is 0.115. The van der Waals surface area contributed by atoms with E-state index < -0.39 is 35.7 Å². The van der Waals surface area contributed by atoms with E-state index in [-0.39, 0.29) is 18.9 Å². The molecule has 0 saturated heterocycles. The summed E-state index contributed by atoms with van der Waals surface area (Å²) in [5.41, 5.74) is 1.76. The summed E-state index contributed by atoms with van der Waals surface area (Å²) < 4.78 is 0.866. The molecule has 188 valence electrons. The normalized spacial score (nSPS) is 12.4. The van der Waals surface area contributed by atoms with E-state index in [1.54, 1.807) is 6.92 Å². The Balaban J connectivity index is 1.94. The van der Waals surface area contributed by atoms with E-state index in [1.165, 1.54) is 0 Å². The standard InChI is InChI=1S/C26H33BrN4O4/c1-4-21(23(32)25(34)28-16-19-11-8-12-20(27)14-19)30-24(33)22(13-17(2)3)31-26(35)29-15-18-9-6-5-7-10-18/h5-12,14,17,21-22H,4,13,15-16H2,1-3H3,(H,28,34)(H,30,33)(H2,29,31,35)/t21?,22-/m0/s1. The van der Waals surface area contributed by atoms with Crippen molar-refractivity contribution in [3.05, 3.63) is 70.2 Å². The highest BCUT2D eigenvalue weighted by Gasteiger charge is 2.29. The molecule has 2 aromatic rings. The molecule has 0 saturated carbocycles. The molecule has 2 atom stereocenters. The number of carbonyl (C=O) groups excluding carboxylic acids is 4. The van der Waals surface area contributed by atoms with Crippen LogP contribution in [0.1, 0.15) is 44.7 Å². The Bertz CT molecular complexity index is 1010. The molecule has 2 rings (SSSR count). The van der Waals surface area contributed by atoms with E-state index in [1.807, 2.05) is 68.4 Å². The number of urea groups is 1. The quantitative estimate of drug-likeness (QED) is 0.306. The average Bonchev–Trinajstić information content (AvgIpc) is 2.84. The molecule has 0 aliphatic heterocycles. The minimum Gasteiger partial charge on any atom is -0.345 e. The highest BCUT2D eigenvalue weighted by atomic mass is 79.9. The number of Topliss-reactive ketones (excluding diaryl/α,β-unsaturated/α-hetero) is 1. The number of hydrogen-bond donors (Lipinski definition) is 4. The molecule has 0 fully saturated rings. The van der Waals surface area contributed by atoms with Gasteiger partial charge < -0.3 is 21.3 Å². The third kappa shape index (κ3) is 9.90. The third-order valence-electron chi connectivity index (χ3n) is 5.23. The molecule has 0 aromatic heterocycles. The zero-order valence-corrected chi connectivity index (χ0v) is 21.9. The van der Waals surface area contributed by atoms with E-state index in [0.717, 1.165) is 15.6 Å². The number of benzene rings is 2. The lowest BCUT2D eigenvalue weighted by molar-refractivity contribution is -0.140. The van der Waals surface area contributed by atoms with Gasteiger partial charge in [-0.1, -0.05) is 79.2 Å². The molecule has 0 bridgehead atoms. The van der Waals surface area contributed by atoms with Crippen LogP contribution < -0.4 is 21.3 Å². The maximum Gasteiger partial charge on any atom is 0.315 e. The predicted octanol–water partition coefficient (Wildman–Crippen LogP) is 3.44. The van der Waals surface area contributed by atoms with E-state index in [2.05, 4.69) is 37.2 Å². The van der Waals surface area contributed by atoms with Crippen LogP contribution >= 0.6 is 15.9 Å². The zero-order chi connectivity index (χ0) is 25.8. The second-order valence-electron chi connectivity index (χ2n) is 8.64. The SMILES string of the molecule is CCC(NC(=O)[C@H](CC(C)C)NC(=O)NCc1ccccc1)C(=O)C(=O)NCc1cccc(Br)c1. The third-order valence-corrected chi connectivity index (χ3v) is 5.73. The summed E-state index contributed by atoms with van der Waals surface area (Å²) in [5.74, 6) is -1.89. The molecule has 9 heteroatoms. The molecule has 4 amide bonds. The Labute approximate surface area is 214 Å². The van der Waals surface area contributed by atoms with Crippen LogP contribution in [-0.2, 0) is 27.5 Å². The summed E-state index contributed by atoms with van der Waals surface area (Å²) in [6.45, 7) is 6.08. The van der Waals surface area contributed by atoms with Crippen LogP contribution in [0.15, 0.2) is 59.1 Å². The molecule has 0 radical (unpaired) electrons. The van der Waals surface area contributed by atoms with Gasteiger partial charge in [0.2, 0.25) is 11.7 Å². The van der Waals surface area contributed by atoms with Crippen LogP contribution in [0.4, 0.5) is 4.79 Å². The molecule has 0 aliphatic carbocycles. The fourth-order valence-electron chi connectivity index (χ4n) is 3.39. The summed E-state index contributed by atoms with van der Waals surface area (Å²) in [7, 11) is 0. The molecule has 2 aromatic carbocycles. The maximum absolute atomic E-state index is 13.0. The maximum atomic E-state index is 13.0. The second kappa shape index (κ2) is 14.3. The van der Waals surface area contributed by atoms with Gasteiger partial charge in [0.05, 0.1) is 6.04 Å². The predicted molar refractivity (Wildman–Crippen MR) is 138 cm³/mol. The van der Waals surface area contributed by atoms with Crippen LogP contribution in [0.2, 0.25) is 0 Å². The van der Waals surface area contributed by atoms with Gasteiger partial charge >= 0.3 is 6.03 Å². The van der Waals surface area contributed by atoms with Crippen LogP contribution in [0.3, 0.4) is 0 Å². The van der Waals surface area contributed by atoms with Gasteiger partial charge in [-0.3, -0.25) is 14.4 Å². The molecule has 1 unspecified atom stereocenters. The number of carbonyl (C=O) groups is 4. The Kier molecular flexibility index (Phi) is 11.4. The summed E-state index contributed by atoms with van der Waals surface area (Å²) in [5, 5.41) is 10.7. The highest BCUT2D eigenvalue weighted by Crippen LogP contribution is 2.11. The largest absolute Gasteiger partial charge is 0.345 e. The Morgan fingerprint density at radius 1 is 0.829 bits per heavy atom. The minimum atomic E-state index is -0.992. The van der Waals surface area contributed by atoms with Crippen molar-refractivity contribution < 1.29 is 19.2 Å². The van der Waals surface area contributed by atoms with Crippen molar-refractivity contribution in [2.75, 3.05) is 0 Å². The average molecular weight is 545 g/mol. The van der Waals surface area contributed by atoms with Gasteiger partial charge in [0, 0.05) is 17.6 Å². The highest BCUT2D eigenvalue weighted by molar-refractivity contribution is 9.10. The van der Waals surface area contributed by atoms with Crippen molar-refractivity contribution in [2.45, 2.75) is 58.8 Å². The molecular formula is C26H33BrN4O4. The zero-order valence-electron chi connectivity index (χ0n) is 20.3. The van der Waals surface area contributed by atoms with Crippen molar-refractivity contribution in [1.29, 1.82) is 0 Å². The van der Waals surface area contributed by atoms with E-state index in [9.17, 15) is 19.2 Å². The fraction of sp³-hybridized carbons (Fsp3) is 0.385. The van der Waals surface area contributed by atoms with Crippen molar-refractivity contribution in [3.8, 4) is 0 Å². The Morgan fingerprint density at radius 2 is 1.49 bits per heavy atom. The molecule has 8 nitrogen and oxygen atoms in total. The number of hydrogen-bond acceptors (Lipinski definition) is 4. The van der Waals surface area contributed by atoms with E-state index >= 15 is 0 Å². The fourth-order valence-corrected chi connectivity index (χ4v) is 3.84. The van der Waals surface area contributed by atoms with Gasteiger partial charge in [0.25, 0.3) is 5.91 Å². The number of ketones is 1. The van der Waals surface area contributed by atoms with Crippen LogP contribution in [0.5, 0.6) is 0 Å². The van der Waals surface area contributed by atoms with E-state index in [0.29, 0.717) is 13.0 Å². The lowest BCUT2D eigenvalue weighted by Gasteiger charge is -2.23. The molecule has 35 heavy (non-hydrogen) atoms. The van der Waals surface area contributed by atoms with Gasteiger partial charge in [-0.15, -0.1) is 0 Å². The van der Waals surface area contributed by atoms with E-state index in [4.69, 9.17) is 0 Å². The van der Waals surface area contributed by atoms with Gasteiger partial charge in [-0.05, 0) is 42.0 Å². The molecular weight excluding hydrogens is 512 g/mol. The summed E-state index contributed by atoms with van der Waals surface area (Å²) in [6, 6.07) is 14.5. The number of halogens is 1. The first-order chi connectivity index (χ1) is 16.7. The number of nitrogens with one attached hydrogen (secondary N) is 4. The first kappa shape index (κ1) is 28.0. The summed E-state index contributed by atoms with van der Waals surface area (Å²) in [4.78, 5) is 50.5. The molecule has 0 spiro atoms. The Morgan fingerprint density at radius 3 is 2.11 bits per heavy atom. The van der Waals surface area contributed by atoms with Crippen molar-refractivity contribution in [1.82, 2.24) is 21.3 Å². The lowest BCUT2D eigenvalue weighted by atomic mass is 10.0. The first-order valence-electron chi connectivity index (χ1n) is 11.6. The summed E-state index contributed by atoms with van der Waals surface area (Å²) >= 11 is 3.37. The number of amides is 4. The lowest BCUT2D eigenvalue weighted by Crippen LogP contribution is -2.55. The van der Waals surface area contributed by atoms with Crippen molar-refractivity contribution >= 4 is 39.6 Å². The number of rotatable bonds is 12. The van der Waals surface area contributed by atoms with Crippen LogP contribution in [-0.4, -0.2) is 35.7 Å². The first-order valence-corrected chi connectivity index (χ1v) is 12.4. The van der Waals surface area contributed by atoms with Crippen LogP contribution in [0, 0.1) is 5.92 Å². The Hall–Kier alpha value is -3.20. The summed E-state index contributed by atoms with van der Waals surface area (Å²) in [6.07, 6.45) is 0.619. The monoisotopic (exact) mass is 544 g/mol. The van der Waals surface area contributed by atoms with Crippen LogP contribution in [0.25, 0.3) is 0 Å². The van der Waals surface area contributed by atoms with Crippen molar-refractivity contribution in [2.24, 2.45) is 5.92 Å². The van der Waals surface area contributed by atoms with Gasteiger partial charge in [0.1, 0.15) is 6.04 Å². The molecule has 0 heterocycles. The second-order valence-corrected chi connectivity index (χ2v) is 9.56. The van der Waals surface area contributed by atoms with Gasteiger partial charge in [-0.25, -0.2) is 4.79 Å². The van der Waals surface area contributed by atoms with Gasteiger partial charge in [-0.2, -0.15) is 0 Å². The topological polar surface area (TPSA) is 116 Å². The smallest absolute Gasteiger partial charge is 0.315 e. The van der Waals surface area contributed by atoms with Gasteiger partial charge in [0.15, 0.2) is 0 Å². The molecule has 4 N–H and O–H groups in total.